The molecule has 0 fully saturated rings. The SMILES string of the molecule is CCCCC(N=N)C(C)(C#N)C#N. The van der Waals surface area contributed by atoms with Crippen LogP contribution in [0.3, 0.4) is 0 Å². The lowest BCUT2D eigenvalue weighted by atomic mass is 9.83. The van der Waals surface area contributed by atoms with Gasteiger partial charge in [0, 0.05) is 0 Å². The molecule has 4 heteroatoms. The zero-order valence-electron chi connectivity index (χ0n) is 8.04. The molecule has 0 amide bonds. The zero-order valence-corrected chi connectivity index (χ0v) is 8.04. The third kappa shape index (κ3) is 2.83. The first-order chi connectivity index (χ1) is 6.14. The van der Waals surface area contributed by atoms with Crippen molar-refractivity contribution in [2.75, 3.05) is 0 Å². The van der Waals surface area contributed by atoms with Crippen molar-refractivity contribution >= 4 is 0 Å². The minimum atomic E-state index is -1.14. The van der Waals surface area contributed by atoms with Crippen molar-refractivity contribution in [1.82, 2.24) is 0 Å². The molecule has 0 saturated carbocycles. The Balaban J connectivity index is 4.49. The van der Waals surface area contributed by atoms with Crippen LogP contribution in [0.25, 0.3) is 0 Å². The van der Waals surface area contributed by atoms with Gasteiger partial charge in [0.15, 0.2) is 5.41 Å². The predicted octanol–water partition coefficient (Wildman–Crippen LogP) is 2.63. The molecule has 13 heavy (non-hydrogen) atoms. The Bertz CT molecular complexity index is 231. The summed E-state index contributed by atoms with van der Waals surface area (Å²) in [6.45, 7) is 3.56. The molecule has 70 valence electrons. The van der Waals surface area contributed by atoms with Crippen molar-refractivity contribution in [1.29, 1.82) is 16.1 Å². The predicted molar refractivity (Wildman–Crippen MR) is 47.8 cm³/mol. The molecule has 0 aliphatic carbocycles. The highest BCUT2D eigenvalue weighted by Gasteiger charge is 2.34. The number of rotatable bonds is 5. The largest absolute Gasteiger partial charge is 0.209 e. The summed E-state index contributed by atoms with van der Waals surface area (Å²) in [5.41, 5.74) is 5.78. The summed E-state index contributed by atoms with van der Waals surface area (Å²) in [6.07, 6.45) is 2.52. The second kappa shape index (κ2) is 5.27. The highest BCUT2D eigenvalue weighted by atomic mass is 15.0. The molecular formula is C9H14N4. The first-order valence-corrected chi connectivity index (χ1v) is 4.33. The van der Waals surface area contributed by atoms with E-state index >= 15 is 0 Å². The summed E-state index contributed by atoms with van der Waals surface area (Å²) >= 11 is 0. The molecule has 4 nitrogen and oxygen atoms in total. The molecule has 0 rings (SSSR count). The van der Waals surface area contributed by atoms with Gasteiger partial charge in [0.25, 0.3) is 0 Å². The van der Waals surface area contributed by atoms with Crippen LogP contribution >= 0.6 is 0 Å². The van der Waals surface area contributed by atoms with E-state index in [2.05, 4.69) is 5.11 Å². The Hall–Kier alpha value is -1.42. The van der Waals surface area contributed by atoms with Gasteiger partial charge in [-0.1, -0.05) is 19.8 Å². The van der Waals surface area contributed by atoms with Gasteiger partial charge in [0.1, 0.15) is 6.04 Å². The van der Waals surface area contributed by atoms with Crippen LogP contribution in [0.2, 0.25) is 0 Å². The van der Waals surface area contributed by atoms with Gasteiger partial charge in [-0.05, 0) is 13.3 Å². The van der Waals surface area contributed by atoms with E-state index in [0.717, 1.165) is 12.8 Å². The average molecular weight is 178 g/mol. The van der Waals surface area contributed by atoms with E-state index in [0.29, 0.717) is 6.42 Å². The van der Waals surface area contributed by atoms with Crippen LogP contribution in [-0.2, 0) is 0 Å². The van der Waals surface area contributed by atoms with Crippen molar-refractivity contribution in [3.05, 3.63) is 0 Å². The topological polar surface area (TPSA) is 83.8 Å². The molecule has 0 spiro atoms. The van der Waals surface area contributed by atoms with E-state index in [1.165, 1.54) is 6.92 Å². The summed E-state index contributed by atoms with van der Waals surface area (Å²) in [7, 11) is 0. The van der Waals surface area contributed by atoms with Crippen LogP contribution in [0.5, 0.6) is 0 Å². The quantitative estimate of drug-likeness (QED) is 0.656. The average Bonchev–Trinajstić information content (AvgIpc) is 2.18. The van der Waals surface area contributed by atoms with Crippen LogP contribution in [-0.4, -0.2) is 6.04 Å². The fourth-order valence-electron chi connectivity index (χ4n) is 1.05. The van der Waals surface area contributed by atoms with E-state index in [-0.39, 0.29) is 0 Å². The molecule has 0 aliphatic rings. The Kier molecular flexibility index (Phi) is 4.69. The molecule has 0 saturated heterocycles. The van der Waals surface area contributed by atoms with E-state index < -0.39 is 11.5 Å². The normalized spacial score (nSPS) is 12.6. The third-order valence-corrected chi connectivity index (χ3v) is 2.12. The third-order valence-electron chi connectivity index (χ3n) is 2.12. The maximum atomic E-state index is 8.77. The minimum absolute atomic E-state index is 0.484. The highest BCUT2D eigenvalue weighted by Crippen LogP contribution is 2.26. The minimum Gasteiger partial charge on any atom is -0.209 e. The van der Waals surface area contributed by atoms with E-state index in [4.69, 9.17) is 16.1 Å². The van der Waals surface area contributed by atoms with Crippen LogP contribution in [0, 0.1) is 33.6 Å². The van der Waals surface area contributed by atoms with Gasteiger partial charge in [-0.3, -0.25) is 0 Å². The Morgan fingerprint density at radius 2 is 2.00 bits per heavy atom. The maximum absolute atomic E-state index is 8.77. The number of nitriles is 2. The van der Waals surface area contributed by atoms with E-state index in [1.54, 1.807) is 0 Å². The van der Waals surface area contributed by atoms with Gasteiger partial charge in [0.2, 0.25) is 0 Å². The van der Waals surface area contributed by atoms with Crippen LogP contribution in [0.1, 0.15) is 33.1 Å². The molecule has 0 aromatic rings. The van der Waals surface area contributed by atoms with Crippen molar-refractivity contribution in [3.63, 3.8) is 0 Å². The summed E-state index contributed by atoms with van der Waals surface area (Å²) in [5.74, 6) is 0. The van der Waals surface area contributed by atoms with Crippen LogP contribution in [0.4, 0.5) is 0 Å². The second-order valence-electron chi connectivity index (χ2n) is 3.21. The molecule has 0 aliphatic heterocycles. The lowest BCUT2D eigenvalue weighted by molar-refractivity contribution is 0.392. The molecular weight excluding hydrogens is 164 g/mol. The molecule has 0 bridgehead atoms. The highest BCUT2D eigenvalue weighted by molar-refractivity contribution is 5.16. The van der Waals surface area contributed by atoms with E-state index in [9.17, 15) is 0 Å². The molecule has 0 aromatic heterocycles. The lowest BCUT2D eigenvalue weighted by Gasteiger charge is -2.19. The van der Waals surface area contributed by atoms with Crippen molar-refractivity contribution in [2.45, 2.75) is 39.2 Å². The Labute approximate surface area is 78.7 Å². The fourth-order valence-corrected chi connectivity index (χ4v) is 1.05. The molecule has 1 N–H and O–H groups in total. The smallest absolute Gasteiger partial charge is 0.164 e. The first kappa shape index (κ1) is 11.6. The molecule has 1 atom stereocenters. The van der Waals surface area contributed by atoms with Gasteiger partial charge in [-0.25, -0.2) is 5.53 Å². The first-order valence-electron chi connectivity index (χ1n) is 4.33. The number of hydrogen-bond donors (Lipinski definition) is 1. The summed E-state index contributed by atoms with van der Waals surface area (Å²) in [5, 5.41) is 20.9. The molecule has 0 aromatic carbocycles. The number of nitrogens with one attached hydrogen (secondary N) is 1. The summed E-state index contributed by atoms with van der Waals surface area (Å²) in [6, 6.07) is 3.34. The molecule has 0 heterocycles. The second-order valence-corrected chi connectivity index (χ2v) is 3.21. The number of unbranched alkanes of at least 4 members (excludes halogenated alkanes) is 1. The summed E-state index contributed by atoms with van der Waals surface area (Å²) in [4.78, 5) is 0. The van der Waals surface area contributed by atoms with Gasteiger partial charge >= 0.3 is 0 Å². The van der Waals surface area contributed by atoms with Gasteiger partial charge in [-0.15, -0.1) is 0 Å². The number of nitrogens with zero attached hydrogens (tertiary/aromatic N) is 3. The van der Waals surface area contributed by atoms with E-state index in [1.807, 2.05) is 19.1 Å². The maximum Gasteiger partial charge on any atom is 0.164 e. The zero-order chi connectivity index (χ0) is 10.3. The molecule has 1 unspecified atom stereocenters. The van der Waals surface area contributed by atoms with Gasteiger partial charge in [-0.2, -0.15) is 15.6 Å². The van der Waals surface area contributed by atoms with Crippen LogP contribution in [0.15, 0.2) is 5.11 Å². The molecule has 0 radical (unpaired) electrons. The summed E-state index contributed by atoms with van der Waals surface area (Å²) < 4.78 is 0. The van der Waals surface area contributed by atoms with Gasteiger partial charge in [0.05, 0.1) is 12.1 Å². The van der Waals surface area contributed by atoms with Gasteiger partial charge < -0.3 is 0 Å². The number of hydrogen-bond acceptors (Lipinski definition) is 4. The standard InChI is InChI=1S/C9H14N4/c1-3-4-5-8(13-12)9(2,6-10)7-11/h8,12H,3-5H2,1-2H3. The monoisotopic (exact) mass is 178 g/mol. The van der Waals surface area contributed by atoms with Crippen molar-refractivity contribution in [3.8, 4) is 12.1 Å². The fraction of sp³-hybridized carbons (Fsp3) is 0.778. The lowest BCUT2D eigenvalue weighted by Crippen LogP contribution is -2.27. The van der Waals surface area contributed by atoms with Crippen molar-refractivity contribution < 1.29 is 0 Å². The Morgan fingerprint density at radius 3 is 2.31 bits per heavy atom. The Morgan fingerprint density at radius 1 is 1.46 bits per heavy atom. The van der Waals surface area contributed by atoms with Crippen LogP contribution < -0.4 is 0 Å². The van der Waals surface area contributed by atoms with Crippen molar-refractivity contribution in [2.24, 2.45) is 10.5 Å².